The number of amides is 2. The van der Waals surface area contributed by atoms with Gasteiger partial charge in [0.2, 0.25) is 0 Å². The van der Waals surface area contributed by atoms with E-state index in [-0.39, 0.29) is 17.9 Å². The van der Waals surface area contributed by atoms with E-state index in [2.05, 4.69) is 10.3 Å². The van der Waals surface area contributed by atoms with Gasteiger partial charge in [-0.25, -0.2) is 9.78 Å². The summed E-state index contributed by atoms with van der Waals surface area (Å²) in [6.45, 7) is 2.22. The minimum absolute atomic E-state index is 0.0831. The predicted molar refractivity (Wildman–Crippen MR) is 77.0 cm³/mol. The van der Waals surface area contributed by atoms with Crippen molar-refractivity contribution in [2.45, 2.75) is 26.2 Å². The van der Waals surface area contributed by atoms with E-state index in [1.165, 1.54) is 16.2 Å². The van der Waals surface area contributed by atoms with E-state index in [9.17, 15) is 9.59 Å². The number of fused-ring (bicyclic) bond motifs is 1. The van der Waals surface area contributed by atoms with Crippen molar-refractivity contribution in [1.29, 1.82) is 0 Å². The van der Waals surface area contributed by atoms with Crippen molar-refractivity contribution in [1.82, 2.24) is 9.88 Å². The molecule has 1 unspecified atom stereocenters. The molecule has 0 spiro atoms. The molecule has 0 saturated carbocycles. The fraction of sp³-hybridized carbons (Fsp3) is 0.615. The van der Waals surface area contributed by atoms with Gasteiger partial charge < -0.3 is 9.64 Å². The lowest BCUT2D eigenvalue weighted by Gasteiger charge is -2.18. The predicted octanol–water partition coefficient (Wildman–Crippen LogP) is 1.90. The van der Waals surface area contributed by atoms with Crippen molar-refractivity contribution in [2.75, 3.05) is 26.0 Å². The molecule has 1 N–H and O–H groups in total. The molecule has 1 atom stereocenters. The van der Waals surface area contributed by atoms with Crippen LogP contribution in [0.2, 0.25) is 0 Å². The molecule has 6 nitrogen and oxygen atoms in total. The Kier molecular flexibility index (Phi) is 4.59. The fourth-order valence-electron chi connectivity index (χ4n) is 2.09. The number of urea groups is 1. The molecule has 7 heteroatoms. The van der Waals surface area contributed by atoms with Crippen molar-refractivity contribution in [3.05, 3.63) is 10.6 Å². The average Bonchev–Trinajstić information content (AvgIpc) is 2.79. The first-order chi connectivity index (χ1) is 9.51. The molecule has 2 amide bonds. The van der Waals surface area contributed by atoms with Gasteiger partial charge in [0.05, 0.1) is 18.2 Å². The summed E-state index contributed by atoms with van der Waals surface area (Å²) in [5.74, 6) is -0.217. The van der Waals surface area contributed by atoms with Crippen molar-refractivity contribution < 1.29 is 14.3 Å². The van der Waals surface area contributed by atoms with Crippen LogP contribution in [0.1, 0.15) is 23.9 Å². The summed E-state index contributed by atoms with van der Waals surface area (Å²) in [4.78, 5) is 30.3. The number of hydrogen-bond donors (Lipinski definition) is 1. The van der Waals surface area contributed by atoms with Gasteiger partial charge in [0.15, 0.2) is 5.13 Å². The first kappa shape index (κ1) is 14.8. The van der Waals surface area contributed by atoms with Crippen LogP contribution in [0.5, 0.6) is 0 Å². The number of esters is 1. The highest BCUT2D eigenvalue weighted by Gasteiger charge is 2.28. The van der Waals surface area contributed by atoms with E-state index < -0.39 is 0 Å². The number of aryl methyl sites for hydroxylation is 1. The van der Waals surface area contributed by atoms with Crippen LogP contribution in [0.4, 0.5) is 9.93 Å². The standard InChI is InChI=1S/C13H19N3O3S/c1-4-19-11(17)8-5-6-9-10(7-8)20-12(14-9)15-13(18)16(2)3/h8H,4-7H2,1-3H3,(H,14,15,18). The highest BCUT2D eigenvalue weighted by Crippen LogP contribution is 2.32. The van der Waals surface area contributed by atoms with E-state index >= 15 is 0 Å². The molecule has 110 valence electrons. The lowest BCUT2D eigenvalue weighted by atomic mass is 9.91. The van der Waals surface area contributed by atoms with Gasteiger partial charge in [-0.1, -0.05) is 0 Å². The monoisotopic (exact) mass is 297 g/mol. The molecule has 20 heavy (non-hydrogen) atoms. The summed E-state index contributed by atoms with van der Waals surface area (Å²) in [5, 5.41) is 3.34. The summed E-state index contributed by atoms with van der Waals surface area (Å²) in [6, 6.07) is -0.196. The van der Waals surface area contributed by atoms with E-state index in [1.54, 1.807) is 14.1 Å². The Morgan fingerprint density at radius 2 is 2.25 bits per heavy atom. The van der Waals surface area contributed by atoms with Gasteiger partial charge in [0.25, 0.3) is 0 Å². The normalized spacial score (nSPS) is 17.2. The highest BCUT2D eigenvalue weighted by molar-refractivity contribution is 7.15. The number of rotatable bonds is 3. The quantitative estimate of drug-likeness (QED) is 0.865. The summed E-state index contributed by atoms with van der Waals surface area (Å²) in [5.41, 5.74) is 0.990. The summed E-state index contributed by atoms with van der Waals surface area (Å²) in [7, 11) is 3.36. The number of anilines is 1. The molecule has 1 aliphatic carbocycles. The number of hydrogen-bond acceptors (Lipinski definition) is 5. The van der Waals surface area contributed by atoms with Crippen LogP contribution in [-0.4, -0.2) is 42.6 Å². The van der Waals surface area contributed by atoms with E-state index in [0.717, 1.165) is 23.4 Å². The zero-order chi connectivity index (χ0) is 14.7. The molecular formula is C13H19N3O3S. The molecule has 1 aliphatic rings. The molecule has 0 fully saturated rings. The van der Waals surface area contributed by atoms with Crippen LogP contribution < -0.4 is 5.32 Å². The van der Waals surface area contributed by atoms with E-state index in [1.807, 2.05) is 6.92 Å². The summed E-state index contributed by atoms with van der Waals surface area (Å²) in [6.07, 6.45) is 2.17. The first-order valence-corrected chi connectivity index (χ1v) is 7.46. The van der Waals surface area contributed by atoms with Crippen molar-refractivity contribution in [3.63, 3.8) is 0 Å². The molecule has 0 radical (unpaired) electrons. The second-order valence-corrected chi connectivity index (χ2v) is 5.99. The van der Waals surface area contributed by atoms with E-state index in [4.69, 9.17) is 4.74 Å². The Balaban J connectivity index is 2.04. The Hall–Kier alpha value is -1.63. The Labute approximate surface area is 122 Å². The molecule has 0 saturated heterocycles. The molecule has 1 aromatic rings. The summed E-state index contributed by atoms with van der Waals surface area (Å²) >= 11 is 1.44. The second-order valence-electron chi connectivity index (χ2n) is 4.91. The zero-order valence-corrected chi connectivity index (χ0v) is 12.7. The number of carbonyl (C=O) groups is 2. The average molecular weight is 297 g/mol. The van der Waals surface area contributed by atoms with Gasteiger partial charge in [-0.15, -0.1) is 11.3 Å². The smallest absolute Gasteiger partial charge is 0.323 e. The minimum atomic E-state index is -0.196. The van der Waals surface area contributed by atoms with Crippen molar-refractivity contribution in [3.8, 4) is 0 Å². The minimum Gasteiger partial charge on any atom is -0.466 e. The van der Waals surface area contributed by atoms with Gasteiger partial charge in [-0.05, 0) is 26.2 Å². The lowest BCUT2D eigenvalue weighted by Crippen LogP contribution is -2.27. The first-order valence-electron chi connectivity index (χ1n) is 6.64. The molecule has 2 rings (SSSR count). The van der Waals surface area contributed by atoms with Gasteiger partial charge in [-0.2, -0.15) is 0 Å². The number of aromatic nitrogens is 1. The molecule has 1 heterocycles. The molecule has 0 bridgehead atoms. The lowest BCUT2D eigenvalue weighted by molar-refractivity contribution is -0.148. The molecule has 0 aliphatic heterocycles. The third kappa shape index (κ3) is 3.27. The third-order valence-electron chi connectivity index (χ3n) is 3.18. The number of nitrogens with zero attached hydrogens (tertiary/aromatic N) is 2. The van der Waals surface area contributed by atoms with Crippen LogP contribution in [0.15, 0.2) is 0 Å². The second kappa shape index (κ2) is 6.21. The van der Waals surface area contributed by atoms with Crippen LogP contribution >= 0.6 is 11.3 Å². The maximum absolute atomic E-state index is 11.8. The maximum Gasteiger partial charge on any atom is 0.323 e. The number of carbonyl (C=O) groups excluding carboxylic acids is 2. The Bertz CT molecular complexity index is 513. The van der Waals surface area contributed by atoms with Crippen LogP contribution in [0.3, 0.4) is 0 Å². The van der Waals surface area contributed by atoms with Crippen molar-refractivity contribution >= 4 is 28.5 Å². The largest absolute Gasteiger partial charge is 0.466 e. The molecule has 0 aromatic carbocycles. The zero-order valence-electron chi connectivity index (χ0n) is 11.9. The van der Waals surface area contributed by atoms with Gasteiger partial charge in [0, 0.05) is 19.0 Å². The third-order valence-corrected chi connectivity index (χ3v) is 4.22. The molecule has 1 aromatic heterocycles. The number of nitrogens with one attached hydrogen (secondary N) is 1. The van der Waals surface area contributed by atoms with Crippen LogP contribution in [-0.2, 0) is 22.4 Å². The van der Waals surface area contributed by atoms with Crippen LogP contribution in [0.25, 0.3) is 0 Å². The maximum atomic E-state index is 11.8. The highest BCUT2D eigenvalue weighted by atomic mass is 32.1. The Morgan fingerprint density at radius 3 is 2.90 bits per heavy atom. The number of ether oxygens (including phenoxy) is 1. The van der Waals surface area contributed by atoms with Gasteiger partial charge >= 0.3 is 12.0 Å². The van der Waals surface area contributed by atoms with E-state index in [0.29, 0.717) is 18.2 Å². The van der Waals surface area contributed by atoms with Crippen molar-refractivity contribution in [2.24, 2.45) is 5.92 Å². The van der Waals surface area contributed by atoms with Gasteiger partial charge in [-0.3, -0.25) is 10.1 Å². The topological polar surface area (TPSA) is 71.5 Å². The van der Waals surface area contributed by atoms with Gasteiger partial charge in [0.1, 0.15) is 0 Å². The number of thiazole rings is 1. The van der Waals surface area contributed by atoms with Crippen LogP contribution in [0, 0.1) is 5.92 Å². The molecular weight excluding hydrogens is 278 g/mol. The summed E-state index contributed by atoms with van der Waals surface area (Å²) < 4.78 is 5.07. The Morgan fingerprint density at radius 1 is 1.50 bits per heavy atom. The fourth-order valence-corrected chi connectivity index (χ4v) is 3.17. The SMILES string of the molecule is CCOC(=O)C1CCc2nc(NC(=O)N(C)C)sc2C1.